The van der Waals surface area contributed by atoms with Crippen molar-refractivity contribution in [3.8, 4) is 0 Å². The van der Waals surface area contributed by atoms with Crippen LogP contribution in [0.1, 0.15) is 37.3 Å². The van der Waals surface area contributed by atoms with E-state index in [0.717, 1.165) is 24.9 Å². The lowest BCUT2D eigenvalue weighted by Crippen LogP contribution is -2.39. The number of hydrogen-bond donors (Lipinski definition) is 2. The van der Waals surface area contributed by atoms with Crippen molar-refractivity contribution in [1.29, 1.82) is 0 Å². The van der Waals surface area contributed by atoms with Gasteiger partial charge in [0.25, 0.3) is 5.91 Å². The normalized spacial score (nSPS) is 26.0. The summed E-state index contributed by atoms with van der Waals surface area (Å²) in [7, 11) is 0. The van der Waals surface area contributed by atoms with E-state index in [1.54, 1.807) is 0 Å². The number of amides is 3. The summed E-state index contributed by atoms with van der Waals surface area (Å²) in [4.78, 5) is 25.8. The first-order valence-electron chi connectivity index (χ1n) is 7.66. The molecule has 0 aliphatic carbocycles. The third-order valence-electron chi connectivity index (χ3n) is 4.27. The first kappa shape index (κ1) is 14.1. The van der Waals surface area contributed by atoms with Crippen LogP contribution in [-0.4, -0.2) is 36.0 Å². The van der Waals surface area contributed by atoms with Crippen LogP contribution in [0.3, 0.4) is 0 Å². The molecule has 2 aliphatic rings. The van der Waals surface area contributed by atoms with E-state index < -0.39 is 6.04 Å². The summed E-state index contributed by atoms with van der Waals surface area (Å²) >= 11 is 0. The Bertz CT molecular complexity index is 512. The lowest BCUT2D eigenvalue weighted by atomic mass is 10.0. The molecule has 0 bridgehead atoms. The lowest BCUT2D eigenvalue weighted by molar-refractivity contribution is -0.127. The molecule has 0 radical (unpaired) electrons. The van der Waals surface area contributed by atoms with Crippen molar-refractivity contribution in [2.24, 2.45) is 0 Å². The minimum Gasteiger partial charge on any atom is -0.322 e. The van der Waals surface area contributed by atoms with Crippen LogP contribution in [0.4, 0.5) is 4.79 Å². The molecule has 2 N–H and O–H groups in total. The third-order valence-corrected chi connectivity index (χ3v) is 4.27. The number of nitrogens with one attached hydrogen (secondary N) is 2. The number of imide groups is 1. The van der Waals surface area contributed by atoms with Crippen molar-refractivity contribution < 1.29 is 9.59 Å². The highest BCUT2D eigenvalue weighted by atomic mass is 16.2. The topological polar surface area (TPSA) is 61.4 Å². The number of benzene rings is 1. The molecule has 3 rings (SSSR count). The van der Waals surface area contributed by atoms with E-state index in [0.29, 0.717) is 12.6 Å². The molecule has 2 unspecified atom stereocenters. The smallest absolute Gasteiger partial charge is 0.322 e. The summed E-state index contributed by atoms with van der Waals surface area (Å²) in [6.07, 6.45) is 4.41. The molecule has 0 aromatic heterocycles. The molecule has 112 valence electrons. The summed E-state index contributed by atoms with van der Waals surface area (Å²) in [5.41, 5.74) is 0.842. The van der Waals surface area contributed by atoms with E-state index in [2.05, 4.69) is 10.6 Å². The van der Waals surface area contributed by atoms with Crippen LogP contribution in [0.25, 0.3) is 0 Å². The van der Waals surface area contributed by atoms with Crippen LogP contribution in [0.15, 0.2) is 30.3 Å². The lowest BCUT2D eigenvalue weighted by Gasteiger charge is -2.24. The second kappa shape index (κ2) is 6.26. The molecule has 2 atom stereocenters. The van der Waals surface area contributed by atoms with E-state index in [-0.39, 0.29) is 11.9 Å². The maximum absolute atomic E-state index is 12.4. The van der Waals surface area contributed by atoms with Crippen molar-refractivity contribution in [1.82, 2.24) is 15.5 Å². The quantitative estimate of drug-likeness (QED) is 0.830. The van der Waals surface area contributed by atoms with E-state index >= 15 is 0 Å². The van der Waals surface area contributed by atoms with Gasteiger partial charge in [-0.05, 0) is 31.4 Å². The van der Waals surface area contributed by atoms with Crippen LogP contribution < -0.4 is 10.6 Å². The Hall–Kier alpha value is -1.88. The summed E-state index contributed by atoms with van der Waals surface area (Å²) in [5.74, 6) is -0.137. The van der Waals surface area contributed by atoms with Crippen LogP contribution >= 0.6 is 0 Å². The standard InChI is InChI=1S/C16H21N3O2/c20-15-14(12-6-2-1-3-7-12)18-16(21)19(15)11-9-13-8-4-5-10-17-13/h1-3,6-7,13-14,17H,4-5,8-11H2,(H,18,21). The van der Waals surface area contributed by atoms with Gasteiger partial charge in [0, 0.05) is 12.6 Å². The maximum atomic E-state index is 12.4. The van der Waals surface area contributed by atoms with Crippen molar-refractivity contribution in [3.05, 3.63) is 35.9 Å². The molecule has 2 heterocycles. The Morgan fingerprint density at radius 1 is 1.14 bits per heavy atom. The van der Waals surface area contributed by atoms with E-state index in [1.807, 2.05) is 30.3 Å². The van der Waals surface area contributed by atoms with Crippen molar-refractivity contribution >= 4 is 11.9 Å². The third kappa shape index (κ3) is 3.08. The van der Waals surface area contributed by atoms with Gasteiger partial charge in [0.1, 0.15) is 6.04 Å². The highest BCUT2D eigenvalue weighted by Crippen LogP contribution is 2.22. The van der Waals surface area contributed by atoms with E-state index in [4.69, 9.17) is 0 Å². The number of piperidine rings is 1. The number of nitrogens with zero attached hydrogens (tertiary/aromatic N) is 1. The van der Waals surface area contributed by atoms with Crippen molar-refractivity contribution in [2.75, 3.05) is 13.1 Å². The van der Waals surface area contributed by atoms with Gasteiger partial charge in [-0.1, -0.05) is 36.8 Å². The average molecular weight is 287 g/mol. The zero-order valence-corrected chi connectivity index (χ0v) is 12.0. The second-order valence-electron chi connectivity index (χ2n) is 5.72. The number of carbonyl (C=O) groups excluding carboxylic acids is 2. The highest BCUT2D eigenvalue weighted by Gasteiger charge is 2.38. The van der Waals surface area contributed by atoms with Crippen molar-refractivity contribution in [3.63, 3.8) is 0 Å². The van der Waals surface area contributed by atoms with Gasteiger partial charge in [-0.3, -0.25) is 9.69 Å². The molecule has 2 aliphatic heterocycles. The van der Waals surface area contributed by atoms with Crippen molar-refractivity contribution in [2.45, 2.75) is 37.8 Å². The van der Waals surface area contributed by atoms with Gasteiger partial charge in [0.15, 0.2) is 0 Å². The number of hydrogen-bond acceptors (Lipinski definition) is 3. The first-order chi connectivity index (χ1) is 10.3. The molecule has 21 heavy (non-hydrogen) atoms. The summed E-state index contributed by atoms with van der Waals surface area (Å²) in [6.45, 7) is 1.53. The van der Waals surface area contributed by atoms with Crippen LogP contribution in [0, 0.1) is 0 Å². The summed E-state index contributed by atoms with van der Waals surface area (Å²) in [5, 5.41) is 6.22. The molecule has 3 amide bonds. The fourth-order valence-electron chi connectivity index (χ4n) is 3.06. The average Bonchev–Trinajstić information content (AvgIpc) is 2.82. The predicted molar refractivity (Wildman–Crippen MR) is 79.7 cm³/mol. The Morgan fingerprint density at radius 2 is 1.95 bits per heavy atom. The van der Waals surface area contributed by atoms with Gasteiger partial charge >= 0.3 is 6.03 Å². The Balaban J connectivity index is 1.61. The molecule has 1 aromatic carbocycles. The first-order valence-corrected chi connectivity index (χ1v) is 7.66. The number of carbonyl (C=O) groups is 2. The predicted octanol–water partition coefficient (Wildman–Crippen LogP) is 1.81. The summed E-state index contributed by atoms with van der Waals surface area (Å²) in [6, 6.07) is 9.02. The molecule has 0 spiro atoms. The van der Waals surface area contributed by atoms with Crippen LogP contribution in [0.5, 0.6) is 0 Å². The monoisotopic (exact) mass is 287 g/mol. The summed E-state index contributed by atoms with van der Waals surface area (Å²) < 4.78 is 0. The molecule has 2 saturated heterocycles. The van der Waals surface area contributed by atoms with Gasteiger partial charge in [-0.2, -0.15) is 0 Å². The maximum Gasteiger partial charge on any atom is 0.325 e. The van der Waals surface area contributed by atoms with Gasteiger partial charge in [0.05, 0.1) is 0 Å². The Morgan fingerprint density at radius 3 is 2.67 bits per heavy atom. The van der Waals surface area contributed by atoms with Gasteiger partial charge in [-0.15, -0.1) is 0 Å². The van der Waals surface area contributed by atoms with Crippen LogP contribution in [0.2, 0.25) is 0 Å². The largest absolute Gasteiger partial charge is 0.325 e. The fourth-order valence-corrected chi connectivity index (χ4v) is 3.06. The number of rotatable bonds is 4. The molecule has 5 heteroatoms. The van der Waals surface area contributed by atoms with Gasteiger partial charge in [0.2, 0.25) is 0 Å². The zero-order valence-electron chi connectivity index (χ0n) is 12.0. The minimum atomic E-state index is -0.530. The minimum absolute atomic E-state index is 0.137. The van der Waals surface area contributed by atoms with E-state index in [1.165, 1.54) is 17.7 Å². The molecule has 2 fully saturated rings. The molecule has 0 saturated carbocycles. The number of urea groups is 1. The highest BCUT2D eigenvalue weighted by molar-refractivity contribution is 6.04. The van der Waals surface area contributed by atoms with Crippen LogP contribution in [-0.2, 0) is 4.79 Å². The zero-order chi connectivity index (χ0) is 14.7. The molecule has 5 nitrogen and oxygen atoms in total. The Labute approximate surface area is 124 Å². The van der Waals surface area contributed by atoms with Gasteiger partial charge in [-0.25, -0.2) is 4.79 Å². The van der Waals surface area contributed by atoms with Gasteiger partial charge < -0.3 is 10.6 Å². The van der Waals surface area contributed by atoms with E-state index in [9.17, 15) is 9.59 Å². The Kier molecular flexibility index (Phi) is 4.20. The molecular formula is C16H21N3O2. The fraction of sp³-hybridized carbons (Fsp3) is 0.500. The SMILES string of the molecule is O=C1NC(c2ccccc2)C(=O)N1CCC1CCCCN1. The molecular weight excluding hydrogens is 266 g/mol. The molecule has 1 aromatic rings. The second-order valence-corrected chi connectivity index (χ2v) is 5.72.